The second kappa shape index (κ2) is 22.7. The van der Waals surface area contributed by atoms with E-state index in [1.165, 1.54) is 0 Å². The number of hydrogen-bond donors (Lipinski definition) is 1. The Bertz CT molecular complexity index is 1740. The Hall–Kier alpha value is -3.74. The van der Waals surface area contributed by atoms with Crippen LogP contribution in [0.2, 0.25) is 0 Å². The van der Waals surface area contributed by atoms with Gasteiger partial charge in [0.15, 0.2) is 0 Å². The topological polar surface area (TPSA) is 177 Å². The Balaban J connectivity index is 1.09. The number of nitrogens with zero attached hydrogens (tertiary/aromatic N) is 4. The monoisotopic (exact) mass is 772 g/mol. The SMILES string of the molecule is COCC(C)n1c(C2CCOCC2)nc2cnc3cc(-c4c(C)noc4C)c(OCCOCCOCCOCCOCCOCCOCCC(=O)O)cc3c21. The predicted molar refractivity (Wildman–Crippen MR) is 202 cm³/mol. The summed E-state index contributed by atoms with van der Waals surface area (Å²) in [6.45, 7) is 13.1. The average Bonchev–Trinajstić information content (AvgIpc) is 3.74. The van der Waals surface area contributed by atoms with Gasteiger partial charge in [-0.15, -0.1) is 0 Å². The molecule has 16 nitrogen and oxygen atoms in total. The Morgan fingerprint density at radius 2 is 1.44 bits per heavy atom. The normalized spacial score (nSPS) is 14.3. The third-order valence-corrected chi connectivity index (χ3v) is 9.19. The summed E-state index contributed by atoms with van der Waals surface area (Å²) in [6, 6.07) is 4.16. The molecule has 1 aliphatic rings. The van der Waals surface area contributed by atoms with Crippen molar-refractivity contribution in [3.8, 4) is 16.9 Å². The summed E-state index contributed by atoms with van der Waals surface area (Å²) in [5, 5.41) is 13.7. The minimum absolute atomic E-state index is 0.0109. The second-order valence-electron chi connectivity index (χ2n) is 13.3. The van der Waals surface area contributed by atoms with E-state index in [1.807, 2.05) is 26.1 Å². The molecule has 1 N–H and O–H groups in total. The number of ether oxygens (including phenoxy) is 9. The van der Waals surface area contributed by atoms with E-state index in [4.69, 9.17) is 62.2 Å². The fourth-order valence-corrected chi connectivity index (χ4v) is 6.58. The smallest absolute Gasteiger partial charge is 0.305 e. The molecule has 1 fully saturated rings. The van der Waals surface area contributed by atoms with Crippen LogP contribution in [0.25, 0.3) is 33.1 Å². The highest BCUT2D eigenvalue weighted by atomic mass is 16.6. The maximum Gasteiger partial charge on any atom is 0.305 e. The number of carbonyl (C=O) groups is 1. The first-order valence-corrected chi connectivity index (χ1v) is 19.0. The molecule has 1 saturated heterocycles. The molecule has 1 aromatic carbocycles. The number of aryl methyl sites for hydroxylation is 2. The van der Waals surface area contributed by atoms with Crippen molar-refractivity contribution in [3.63, 3.8) is 0 Å². The number of imidazole rings is 1. The zero-order chi connectivity index (χ0) is 38.8. The van der Waals surface area contributed by atoms with Crippen molar-refractivity contribution in [2.24, 2.45) is 0 Å². The largest absolute Gasteiger partial charge is 0.491 e. The first-order valence-electron chi connectivity index (χ1n) is 19.0. The Morgan fingerprint density at radius 3 is 1.98 bits per heavy atom. The van der Waals surface area contributed by atoms with E-state index in [-0.39, 0.29) is 25.0 Å². The summed E-state index contributed by atoms with van der Waals surface area (Å²) in [5.74, 6) is 1.84. The lowest BCUT2D eigenvalue weighted by Gasteiger charge is -2.25. The zero-order valence-corrected chi connectivity index (χ0v) is 32.5. The lowest BCUT2D eigenvalue weighted by atomic mass is 9.99. The van der Waals surface area contributed by atoms with E-state index >= 15 is 0 Å². The van der Waals surface area contributed by atoms with Gasteiger partial charge in [-0.05, 0) is 45.7 Å². The van der Waals surface area contributed by atoms with Crippen molar-refractivity contribution < 1.29 is 57.1 Å². The number of aromatic nitrogens is 4. The van der Waals surface area contributed by atoms with Crippen molar-refractivity contribution in [2.75, 3.05) is 113 Å². The number of fused-ring (bicyclic) bond motifs is 3. The highest BCUT2D eigenvalue weighted by Gasteiger charge is 2.27. The molecular formula is C39H56N4O12. The molecule has 304 valence electrons. The molecule has 0 spiro atoms. The molecule has 1 atom stereocenters. The van der Waals surface area contributed by atoms with E-state index in [0.717, 1.165) is 70.6 Å². The Morgan fingerprint density at radius 1 is 0.855 bits per heavy atom. The summed E-state index contributed by atoms with van der Waals surface area (Å²) in [4.78, 5) is 20.4. The molecule has 0 saturated carbocycles. The summed E-state index contributed by atoms with van der Waals surface area (Å²) in [5.41, 5.74) is 5.19. The third kappa shape index (κ3) is 12.4. The number of methoxy groups -OCH3 is 1. The van der Waals surface area contributed by atoms with Crippen molar-refractivity contribution >= 4 is 27.9 Å². The van der Waals surface area contributed by atoms with Crippen LogP contribution in [0.15, 0.2) is 22.9 Å². The summed E-state index contributed by atoms with van der Waals surface area (Å²) in [7, 11) is 1.73. The number of benzene rings is 1. The fourth-order valence-electron chi connectivity index (χ4n) is 6.58. The summed E-state index contributed by atoms with van der Waals surface area (Å²) < 4.78 is 58.6. The molecule has 4 heterocycles. The van der Waals surface area contributed by atoms with Crippen molar-refractivity contribution in [3.05, 3.63) is 35.6 Å². The summed E-state index contributed by atoms with van der Waals surface area (Å²) in [6.07, 6.45) is 3.69. The average molecular weight is 773 g/mol. The maximum absolute atomic E-state index is 10.4. The molecule has 4 aromatic rings. The van der Waals surface area contributed by atoms with Crippen LogP contribution in [-0.2, 0) is 42.7 Å². The van der Waals surface area contributed by atoms with Crippen LogP contribution >= 0.6 is 0 Å². The first-order chi connectivity index (χ1) is 26.9. The van der Waals surface area contributed by atoms with Gasteiger partial charge in [0.1, 0.15) is 29.5 Å². The molecular weight excluding hydrogens is 716 g/mol. The molecule has 55 heavy (non-hydrogen) atoms. The number of carboxylic acids is 1. The number of carboxylic acid groups (broad SMARTS) is 1. The number of rotatable bonds is 27. The van der Waals surface area contributed by atoms with Gasteiger partial charge in [0.25, 0.3) is 0 Å². The third-order valence-electron chi connectivity index (χ3n) is 9.19. The number of hydrogen-bond acceptors (Lipinski definition) is 14. The minimum atomic E-state index is -0.879. The van der Waals surface area contributed by atoms with E-state index in [0.29, 0.717) is 97.4 Å². The molecule has 3 aromatic heterocycles. The number of pyridine rings is 1. The van der Waals surface area contributed by atoms with E-state index < -0.39 is 5.97 Å². The Labute approximate surface area is 321 Å². The lowest BCUT2D eigenvalue weighted by molar-refractivity contribution is -0.138. The standard InChI is InChI=1S/C39H56N4O12/c1-27(26-46-4)43-38-31-24-35(54-22-21-53-20-19-52-18-17-51-16-15-50-14-13-49-12-11-48-10-7-36(44)45)32(37-28(2)42-55-29(37)3)23-33(31)40-25-34(38)41-39(43)30-5-8-47-9-6-30/h23-25,27,30H,5-22,26H2,1-4H3,(H,44,45). The van der Waals surface area contributed by atoms with Crippen LogP contribution in [0, 0.1) is 13.8 Å². The van der Waals surface area contributed by atoms with Crippen LogP contribution < -0.4 is 4.74 Å². The molecule has 5 rings (SSSR count). The van der Waals surface area contributed by atoms with Crippen molar-refractivity contribution in [1.82, 2.24) is 19.7 Å². The van der Waals surface area contributed by atoms with Gasteiger partial charge in [-0.25, -0.2) is 4.98 Å². The molecule has 0 aliphatic carbocycles. The maximum atomic E-state index is 10.4. The molecule has 1 unspecified atom stereocenters. The molecule has 0 radical (unpaired) electrons. The van der Waals surface area contributed by atoms with Crippen LogP contribution in [0.5, 0.6) is 5.75 Å². The molecule has 16 heteroatoms. The van der Waals surface area contributed by atoms with Gasteiger partial charge in [0, 0.05) is 37.2 Å². The Kier molecular flexibility index (Phi) is 17.5. The van der Waals surface area contributed by atoms with E-state index in [9.17, 15) is 4.79 Å². The summed E-state index contributed by atoms with van der Waals surface area (Å²) >= 11 is 0. The fraction of sp³-hybridized carbons (Fsp3) is 0.641. The second-order valence-corrected chi connectivity index (χ2v) is 13.3. The highest BCUT2D eigenvalue weighted by molar-refractivity contribution is 6.05. The molecule has 0 bridgehead atoms. The predicted octanol–water partition coefficient (Wildman–Crippen LogP) is 4.91. The van der Waals surface area contributed by atoms with E-state index in [2.05, 4.69) is 22.7 Å². The van der Waals surface area contributed by atoms with Gasteiger partial charge in [-0.3, -0.25) is 9.78 Å². The number of aliphatic carboxylic acids is 1. The van der Waals surface area contributed by atoms with Gasteiger partial charge in [0.05, 0.1) is 127 Å². The van der Waals surface area contributed by atoms with Crippen molar-refractivity contribution in [1.29, 1.82) is 0 Å². The van der Waals surface area contributed by atoms with Gasteiger partial charge in [-0.2, -0.15) is 0 Å². The lowest BCUT2D eigenvalue weighted by Crippen LogP contribution is -2.21. The van der Waals surface area contributed by atoms with E-state index in [1.54, 1.807) is 7.11 Å². The van der Waals surface area contributed by atoms with Crippen molar-refractivity contribution in [2.45, 2.75) is 52.0 Å². The van der Waals surface area contributed by atoms with Crippen LogP contribution in [0.4, 0.5) is 0 Å². The van der Waals surface area contributed by atoms with Gasteiger partial charge < -0.3 is 56.8 Å². The molecule has 0 amide bonds. The van der Waals surface area contributed by atoms with Crippen LogP contribution in [-0.4, -0.2) is 144 Å². The minimum Gasteiger partial charge on any atom is -0.491 e. The zero-order valence-electron chi connectivity index (χ0n) is 32.5. The first kappa shape index (κ1) is 42.4. The van der Waals surface area contributed by atoms with Gasteiger partial charge >= 0.3 is 5.97 Å². The van der Waals surface area contributed by atoms with Gasteiger partial charge in [0.2, 0.25) is 0 Å². The van der Waals surface area contributed by atoms with Gasteiger partial charge in [-0.1, -0.05) is 5.16 Å². The molecule has 1 aliphatic heterocycles. The quantitative estimate of drug-likeness (QED) is 0.0809. The van der Waals surface area contributed by atoms with Crippen LogP contribution in [0.1, 0.15) is 55.4 Å². The highest BCUT2D eigenvalue weighted by Crippen LogP contribution is 2.41. The van der Waals surface area contributed by atoms with Crippen LogP contribution in [0.3, 0.4) is 0 Å².